The molecular formula is C22H24ClFN6O2. The third-order valence-corrected chi connectivity index (χ3v) is 5.84. The monoisotopic (exact) mass is 458 g/mol. The first-order valence-electron chi connectivity index (χ1n) is 10.7. The van der Waals surface area contributed by atoms with Crippen molar-refractivity contribution in [2.75, 3.05) is 31.1 Å². The topological polar surface area (TPSA) is 88.3 Å². The summed E-state index contributed by atoms with van der Waals surface area (Å²) in [7, 11) is 0. The number of carbonyl (C=O) groups excluding carboxylic acids is 1. The number of anilines is 1. The summed E-state index contributed by atoms with van der Waals surface area (Å²) in [6.07, 6.45) is 3.05. The van der Waals surface area contributed by atoms with Crippen molar-refractivity contribution in [3.05, 3.63) is 52.9 Å². The van der Waals surface area contributed by atoms with Gasteiger partial charge in [-0.1, -0.05) is 28.9 Å². The lowest BCUT2D eigenvalue weighted by atomic mass is 9.97. The fourth-order valence-corrected chi connectivity index (χ4v) is 4.00. The van der Waals surface area contributed by atoms with Gasteiger partial charge in [0.05, 0.1) is 17.1 Å². The minimum Gasteiger partial charge on any atom is -0.341 e. The molecule has 168 valence electrons. The van der Waals surface area contributed by atoms with Crippen molar-refractivity contribution in [3.8, 4) is 11.4 Å². The summed E-state index contributed by atoms with van der Waals surface area (Å²) < 4.78 is 19.0. The molecule has 1 saturated heterocycles. The van der Waals surface area contributed by atoms with Crippen molar-refractivity contribution in [2.45, 2.75) is 32.6 Å². The number of hydrogen-bond donors (Lipinski definition) is 0. The molecule has 1 aromatic carbocycles. The lowest BCUT2D eigenvalue weighted by Crippen LogP contribution is -2.40. The molecule has 4 rings (SSSR count). The summed E-state index contributed by atoms with van der Waals surface area (Å²) in [4.78, 5) is 30.1. The van der Waals surface area contributed by atoms with Crippen molar-refractivity contribution in [1.82, 2.24) is 25.0 Å². The number of amides is 1. The fraction of sp³-hybridized carbons (Fsp3) is 0.409. The van der Waals surface area contributed by atoms with Gasteiger partial charge in [-0.05, 0) is 38.8 Å². The molecular weight excluding hydrogens is 435 g/mol. The Morgan fingerprint density at radius 3 is 2.88 bits per heavy atom. The van der Waals surface area contributed by atoms with E-state index in [-0.39, 0.29) is 28.4 Å². The van der Waals surface area contributed by atoms with Crippen LogP contribution in [0.5, 0.6) is 0 Å². The third-order valence-electron chi connectivity index (χ3n) is 5.56. The van der Waals surface area contributed by atoms with Crippen molar-refractivity contribution in [3.63, 3.8) is 0 Å². The van der Waals surface area contributed by atoms with Gasteiger partial charge in [-0.25, -0.2) is 14.4 Å². The van der Waals surface area contributed by atoms with E-state index in [0.29, 0.717) is 36.3 Å². The van der Waals surface area contributed by atoms with Gasteiger partial charge in [-0.15, -0.1) is 0 Å². The van der Waals surface area contributed by atoms with Crippen LogP contribution >= 0.6 is 11.6 Å². The minimum absolute atomic E-state index is 0.120. The Labute approximate surface area is 190 Å². The van der Waals surface area contributed by atoms with Crippen molar-refractivity contribution >= 4 is 23.5 Å². The van der Waals surface area contributed by atoms with Crippen molar-refractivity contribution < 1.29 is 13.7 Å². The maximum atomic E-state index is 13.5. The van der Waals surface area contributed by atoms with Crippen LogP contribution < -0.4 is 4.90 Å². The van der Waals surface area contributed by atoms with E-state index in [1.54, 1.807) is 17.0 Å². The zero-order valence-corrected chi connectivity index (χ0v) is 18.7. The van der Waals surface area contributed by atoms with Gasteiger partial charge < -0.3 is 14.3 Å². The van der Waals surface area contributed by atoms with Crippen LogP contribution in [0.15, 0.2) is 35.0 Å². The smallest absolute Gasteiger partial charge is 0.274 e. The average molecular weight is 459 g/mol. The predicted octanol–water partition coefficient (Wildman–Crippen LogP) is 4.19. The summed E-state index contributed by atoms with van der Waals surface area (Å²) in [5.41, 5.74) is 0.732. The van der Waals surface area contributed by atoms with Gasteiger partial charge in [-0.3, -0.25) is 4.79 Å². The fourth-order valence-electron chi connectivity index (χ4n) is 3.83. The molecule has 2 aromatic heterocycles. The largest absolute Gasteiger partial charge is 0.341 e. The Bertz CT molecular complexity index is 1100. The van der Waals surface area contributed by atoms with Gasteiger partial charge in [-0.2, -0.15) is 4.98 Å². The standard InChI is InChI=1S/C22H24ClFN6O2/c1-3-29(4-2)22-25-12-17(23)18(26-22)21(31)30-10-6-8-15(13-30)20-27-19(28-32-20)14-7-5-9-16(24)11-14/h5,7,9,11-12,15H,3-4,6,8,10,13H2,1-2H3. The zero-order valence-electron chi connectivity index (χ0n) is 18.0. The van der Waals surface area contributed by atoms with E-state index in [2.05, 4.69) is 20.1 Å². The highest BCUT2D eigenvalue weighted by Crippen LogP contribution is 2.29. The highest BCUT2D eigenvalue weighted by molar-refractivity contribution is 6.33. The normalized spacial score (nSPS) is 16.2. The first-order chi connectivity index (χ1) is 15.5. The van der Waals surface area contributed by atoms with E-state index in [1.807, 2.05) is 18.7 Å². The van der Waals surface area contributed by atoms with Crippen LogP contribution in [0, 0.1) is 5.82 Å². The average Bonchev–Trinajstić information content (AvgIpc) is 3.31. The molecule has 3 aromatic rings. The second kappa shape index (κ2) is 9.60. The lowest BCUT2D eigenvalue weighted by Gasteiger charge is -2.31. The van der Waals surface area contributed by atoms with Gasteiger partial charge in [0.15, 0.2) is 5.69 Å². The van der Waals surface area contributed by atoms with Crippen LogP contribution in [0.4, 0.5) is 10.3 Å². The maximum Gasteiger partial charge on any atom is 0.274 e. The van der Waals surface area contributed by atoms with E-state index < -0.39 is 0 Å². The van der Waals surface area contributed by atoms with Gasteiger partial charge in [0.25, 0.3) is 5.91 Å². The van der Waals surface area contributed by atoms with Crippen molar-refractivity contribution in [1.29, 1.82) is 0 Å². The molecule has 1 aliphatic rings. The molecule has 1 unspecified atom stereocenters. The van der Waals surface area contributed by atoms with Gasteiger partial charge in [0.1, 0.15) is 5.82 Å². The summed E-state index contributed by atoms with van der Waals surface area (Å²) in [5, 5.41) is 4.21. The van der Waals surface area contributed by atoms with Gasteiger partial charge >= 0.3 is 0 Å². The van der Waals surface area contributed by atoms with Gasteiger partial charge in [0, 0.05) is 31.7 Å². The number of nitrogens with zero attached hydrogens (tertiary/aromatic N) is 6. The molecule has 1 atom stereocenters. The number of likely N-dealkylation sites (tertiary alicyclic amines) is 1. The molecule has 0 spiro atoms. The second-order valence-electron chi connectivity index (χ2n) is 7.60. The molecule has 1 amide bonds. The third kappa shape index (κ3) is 4.57. The van der Waals surface area contributed by atoms with Crippen LogP contribution in [-0.2, 0) is 0 Å². The number of aromatic nitrogens is 4. The van der Waals surface area contributed by atoms with E-state index in [4.69, 9.17) is 16.1 Å². The summed E-state index contributed by atoms with van der Waals surface area (Å²) in [6, 6.07) is 6.04. The van der Waals surface area contributed by atoms with E-state index in [9.17, 15) is 9.18 Å². The number of piperidine rings is 1. The molecule has 1 fully saturated rings. The van der Waals surface area contributed by atoms with Gasteiger partial charge in [0.2, 0.25) is 17.7 Å². The lowest BCUT2D eigenvalue weighted by molar-refractivity contribution is 0.0689. The molecule has 0 aliphatic carbocycles. The van der Waals surface area contributed by atoms with Crippen LogP contribution in [0.2, 0.25) is 5.02 Å². The van der Waals surface area contributed by atoms with Crippen molar-refractivity contribution in [2.24, 2.45) is 0 Å². The predicted molar refractivity (Wildman–Crippen MR) is 118 cm³/mol. The maximum absolute atomic E-state index is 13.5. The summed E-state index contributed by atoms with van der Waals surface area (Å²) >= 11 is 6.28. The first-order valence-corrected chi connectivity index (χ1v) is 11.0. The molecule has 0 N–H and O–H groups in total. The van der Waals surface area contributed by atoms with Crippen LogP contribution in [0.3, 0.4) is 0 Å². The molecule has 0 bridgehead atoms. The highest BCUT2D eigenvalue weighted by Gasteiger charge is 2.31. The Kier molecular flexibility index (Phi) is 6.64. The number of benzene rings is 1. The molecule has 0 saturated carbocycles. The van der Waals surface area contributed by atoms with Crippen LogP contribution in [0.1, 0.15) is 49.0 Å². The second-order valence-corrected chi connectivity index (χ2v) is 8.00. The van der Waals surface area contributed by atoms with Crippen LogP contribution in [0.25, 0.3) is 11.4 Å². The molecule has 8 nitrogen and oxygen atoms in total. The molecule has 10 heteroatoms. The zero-order chi connectivity index (χ0) is 22.7. The number of carbonyl (C=O) groups is 1. The molecule has 32 heavy (non-hydrogen) atoms. The minimum atomic E-state index is -0.367. The van der Waals surface area contributed by atoms with Crippen LogP contribution in [-0.4, -0.2) is 57.1 Å². The number of rotatable bonds is 6. The quantitative estimate of drug-likeness (QED) is 0.547. The Morgan fingerprint density at radius 2 is 2.12 bits per heavy atom. The Morgan fingerprint density at radius 1 is 1.31 bits per heavy atom. The highest BCUT2D eigenvalue weighted by atomic mass is 35.5. The van der Waals surface area contributed by atoms with E-state index in [0.717, 1.165) is 25.9 Å². The molecule has 1 aliphatic heterocycles. The van der Waals surface area contributed by atoms with E-state index in [1.165, 1.54) is 18.3 Å². The molecule has 3 heterocycles. The summed E-state index contributed by atoms with van der Waals surface area (Å²) in [5.74, 6) is 0.498. The molecule has 0 radical (unpaired) electrons. The number of hydrogen-bond acceptors (Lipinski definition) is 7. The Balaban J connectivity index is 1.52. The SMILES string of the molecule is CCN(CC)c1ncc(Cl)c(C(=O)N2CCCC(c3nc(-c4cccc(F)c4)no3)C2)n1. The first kappa shape index (κ1) is 22.1. The number of halogens is 2. The Hall–Kier alpha value is -3.07. The summed E-state index contributed by atoms with van der Waals surface area (Å²) in [6.45, 7) is 6.44. The van der Waals surface area contributed by atoms with E-state index >= 15 is 0 Å².